The van der Waals surface area contributed by atoms with Crippen LogP contribution in [0.15, 0.2) is 24.3 Å². The van der Waals surface area contributed by atoms with Gasteiger partial charge in [0.1, 0.15) is 0 Å². The molecule has 0 atom stereocenters. The lowest BCUT2D eigenvalue weighted by Gasteiger charge is -2.07. The summed E-state index contributed by atoms with van der Waals surface area (Å²) in [5.74, 6) is -14.4. The molecule has 0 aliphatic carbocycles. The van der Waals surface area contributed by atoms with Crippen molar-refractivity contribution in [3.05, 3.63) is 70.0 Å². The summed E-state index contributed by atoms with van der Waals surface area (Å²) in [6, 6.07) is 8.45. The number of carboxylic acids is 1. The fraction of sp³-hybridized carbons (Fsp3) is 0.133. The van der Waals surface area contributed by atoms with E-state index in [-0.39, 0.29) is 0 Å². The Kier molecular flexibility index (Phi) is 6.20. The van der Waals surface area contributed by atoms with E-state index in [1.165, 1.54) is 11.1 Å². The molecule has 2 aromatic rings. The standard InChI is InChI=1S/C8H11N.C7HF5O2/c1-7-2-4-8(6-9)5-3-7;8-2-1(7(13)14)3(9)5(11)6(12)4(2)10/h2-5H,6,9H2,1H3;(H,13,14). The highest BCUT2D eigenvalue weighted by atomic mass is 19.2. The molecule has 0 heterocycles. The number of hydrogen-bond donors (Lipinski definition) is 1. The highest BCUT2D eigenvalue weighted by Gasteiger charge is 2.25. The van der Waals surface area contributed by atoms with Gasteiger partial charge < -0.3 is 15.6 Å². The molecule has 23 heavy (non-hydrogen) atoms. The second kappa shape index (κ2) is 7.68. The van der Waals surface area contributed by atoms with E-state index in [1.807, 2.05) is 0 Å². The molecule has 0 radical (unpaired) electrons. The summed E-state index contributed by atoms with van der Waals surface area (Å²) in [6.07, 6.45) is 0. The van der Waals surface area contributed by atoms with E-state index in [0.29, 0.717) is 0 Å². The number of carboxylic acid groups (broad SMARTS) is 1. The largest absolute Gasteiger partial charge is 0.545 e. The molecule has 0 aliphatic rings. The minimum absolute atomic E-state index is 0.889. The summed E-state index contributed by atoms with van der Waals surface area (Å²) in [7, 11) is 0. The Labute approximate surface area is 128 Å². The van der Waals surface area contributed by atoms with E-state index >= 15 is 0 Å². The number of aromatic carboxylic acids is 1. The van der Waals surface area contributed by atoms with Crippen molar-refractivity contribution < 1.29 is 37.6 Å². The van der Waals surface area contributed by atoms with Crippen molar-refractivity contribution in [1.29, 1.82) is 0 Å². The van der Waals surface area contributed by atoms with Crippen LogP contribution in [0.5, 0.6) is 0 Å². The first-order valence-corrected chi connectivity index (χ1v) is 6.28. The van der Waals surface area contributed by atoms with Crippen molar-refractivity contribution in [3.8, 4) is 0 Å². The van der Waals surface area contributed by atoms with Crippen molar-refractivity contribution in [2.24, 2.45) is 0 Å². The van der Waals surface area contributed by atoms with Crippen LogP contribution in [0.2, 0.25) is 0 Å². The smallest absolute Gasteiger partial charge is 0.200 e. The van der Waals surface area contributed by atoms with Crippen LogP contribution in [-0.4, -0.2) is 5.97 Å². The Morgan fingerprint density at radius 2 is 1.30 bits per heavy atom. The van der Waals surface area contributed by atoms with Crippen LogP contribution in [0.1, 0.15) is 21.5 Å². The normalized spacial score (nSPS) is 10.0. The fourth-order valence-corrected chi connectivity index (χ4v) is 1.54. The molecule has 3 nitrogen and oxygen atoms in total. The Balaban J connectivity index is 0.000000253. The number of aryl methyl sites for hydroxylation is 1. The number of quaternary nitrogens is 1. The minimum atomic E-state index is -2.47. The minimum Gasteiger partial charge on any atom is -0.545 e. The Bertz CT molecular complexity index is 688. The first kappa shape index (κ1) is 18.6. The second-order valence-electron chi connectivity index (χ2n) is 4.47. The number of carbonyl (C=O) groups excluding carboxylic acids is 1. The van der Waals surface area contributed by atoms with Crippen molar-refractivity contribution in [3.63, 3.8) is 0 Å². The molecule has 0 spiro atoms. The maximum Gasteiger partial charge on any atom is 0.200 e. The quantitative estimate of drug-likeness (QED) is 0.514. The summed E-state index contributed by atoms with van der Waals surface area (Å²) < 4.78 is 62.0. The molecule has 2 aromatic carbocycles. The molecule has 0 fully saturated rings. The van der Waals surface area contributed by atoms with Crippen molar-refractivity contribution in [1.82, 2.24) is 0 Å². The predicted molar refractivity (Wildman–Crippen MR) is 68.3 cm³/mol. The molecule has 3 N–H and O–H groups in total. The third-order valence-electron chi connectivity index (χ3n) is 2.82. The van der Waals surface area contributed by atoms with Crippen LogP contribution in [-0.2, 0) is 6.54 Å². The van der Waals surface area contributed by atoms with E-state index in [9.17, 15) is 31.9 Å². The van der Waals surface area contributed by atoms with Crippen LogP contribution >= 0.6 is 0 Å². The Hall–Kier alpha value is -2.48. The fourth-order valence-electron chi connectivity index (χ4n) is 1.54. The summed E-state index contributed by atoms with van der Waals surface area (Å²) in [5, 5.41) is 10.0. The molecule has 0 unspecified atom stereocenters. The van der Waals surface area contributed by atoms with Crippen LogP contribution in [0, 0.1) is 36.0 Å². The Morgan fingerprint density at radius 1 is 0.913 bits per heavy atom. The zero-order valence-corrected chi connectivity index (χ0v) is 11.9. The summed E-state index contributed by atoms with van der Waals surface area (Å²) in [6.45, 7) is 2.98. The molecule has 0 aliphatic heterocycles. The van der Waals surface area contributed by atoms with Gasteiger partial charge in [0.15, 0.2) is 23.3 Å². The van der Waals surface area contributed by atoms with Gasteiger partial charge in [-0.3, -0.25) is 0 Å². The van der Waals surface area contributed by atoms with Gasteiger partial charge in [-0.1, -0.05) is 29.8 Å². The van der Waals surface area contributed by atoms with E-state index in [0.717, 1.165) is 6.54 Å². The van der Waals surface area contributed by atoms with Crippen LogP contribution in [0.3, 0.4) is 0 Å². The predicted octanol–water partition coefficient (Wildman–Crippen LogP) is 1.48. The third kappa shape index (κ3) is 4.26. The van der Waals surface area contributed by atoms with Crippen LogP contribution < -0.4 is 10.8 Å². The van der Waals surface area contributed by atoms with Gasteiger partial charge in [0, 0.05) is 5.56 Å². The van der Waals surface area contributed by atoms with Crippen molar-refractivity contribution in [2.45, 2.75) is 13.5 Å². The van der Waals surface area contributed by atoms with Crippen molar-refractivity contribution in [2.75, 3.05) is 0 Å². The molecule has 0 bridgehead atoms. The topological polar surface area (TPSA) is 67.8 Å². The van der Waals surface area contributed by atoms with E-state index in [4.69, 9.17) is 0 Å². The molecule has 2 rings (SSSR count). The molecule has 8 heteroatoms. The average Bonchev–Trinajstić information content (AvgIpc) is 2.52. The van der Waals surface area contributed by atoms with Gasteiger partial charge in [-0.15, -0.1) is 0 Å². The zero-order valence-electron chi connectivity index (χ0n) is 11.9. The SMILES string of the molecule is Cc1ccc(C[NH3+])cc1.O=C([O-])c1c(F)c(F)c(F)c(F)c1F. The second-order valence-corrected chi connectivity index (χ2v) is 4.47. The summed E-state index contributed by atoms with van der Waals surface area (Å²) >= 11 is 0. The first-order valence-electron chi connectivity index (χ1n) is 6.28. The van der Waals surface area contributed by atoms with Gasteiger partial charge in [-0.2, -0.15) is 0 Å². The first-order chi connectivity index (χ1) is 10.7. The van der Waals surface area contributed by atoms with Gasteiger partial charge in [-0.05, 0) is 6.92 Å². The molecular formula is C15H12F5NO2. The number of benzene rings is 2. The monoisotopic (exact) mass is 333 g/mol. The molecule has 0 aromatic heterocycles. The van der Waals surface area contributed by atoms with Gasteiger partial charge >= 0.3 is 0 Å². The lowest BCUT2D eigenvalue weighted by Crippen LogP contribution is -2.47. The Morgan fingerprint density at radius 3 is 1.65 bits per heavy atom. The molecule has 0 saturated heterocycles. The number of hydrogen-bond acceptors (Lipinski definition) is 2. The molecule has 0 saturated carbocycles. The number of halogens is 5. The highest BCUT2D eigenvalue weighted by Crippen LogP contribution is 2.22. The van der Waals surface area contributed by atoms with Gasteiger partial charge in [0.05, 0.1) is 18.1 Å². The number of carbonyl (C=O) groups is 1. The van der Waals surface area contributed by atoms with E-state index in [1.54, 1.807) is 0 Å². The van der Waals surface area contributed by atoms with Crippen molar-refractivity contribution >= 4 is 5.97 Å². The van der Waals surface area contributed by atoms with Gasteiger partial charge in [0.25, 0.3) is 0 Å². The van der Waals surface area contributed by atoms with Gasteiger partial charge in [0.2, 0.25) is 5.82 Å². The average molecular weight is 333 g/mol. The van der Waals surface area contributed by atoms with E-state index < -0.39 is 40.6 Å². The molecular weight excluding hydrogens is 321 g/mol. The number of rotatable bonds is 2. The maximum atomic E-state index is 12.5. The van der Waals surface area contributed by atoms with Crippen LogP contribution in [0.4, 0.5) is 22.0 Å². The highest BCUT2D eigenvalue weighted by molar-refractivity contribution is 5.86. The van der Waals surface area contributed by atoms with Gasteiger partial charge in [-0.25, -0.2) is 22.0 Å². The zero-order chi connectivity index (χ0) is 17.7. The summed E-state index contributed by atoms with van der Waals surface area (Å²) in [5.41, 5.74) is 4.43. The third-order valence-corrected chi connectivity index (χ3v) is 2.82. The van der Waals surface area contributed by atoms with E-state index in [2.05, 4.69) is 36.9 Å². The summed E-state index contributed by atoms with van der Waals surface area (Å²) in [4.78, 5) is 10.0. The lowest BCUT2D eigenvalue weighted by atomic mass is 10.1. The van der Waals surface area contributed by atoms with Crippen LogP contribution in [0.25, 0.3) is 0 Å². The maximum absolute atomic E-state index is 12.5. The molecule has 0 amide bonds. The molecule has 124 valence electrons. The lowest BCUT2D eigenvalue weighted by molar-refractivity contribution is -0.386.